The van der Waals surface area contributed by atoms with E-state index in [1.807, 2.05) is 19.1 Å². The zero-order chi connectivity index (χ0) is 12.4. The van der Waals surface area contributed by atoms with Gasteiger partial charge in [-0.05, 0) is 19.1 Å². The highest BCUT2D eigenvalue weighted by atomic mass is 16.5. The number of aryl methyl sites for hydroxylation is 1. The van der Waals surface area contributed by atoms with Crippen LogP contribution in [0.15, 0.2) is 24.3 Å². The molecule has 2 aromatic rings. The highest BCUT2D eigenvalue weighted by molar-refractivity contribution is 6.04. The maximum absolute atomic E-state index is 11.6. The fourth-order valence-corrected chi connectivity index (χ4v) is 1.78. The third-order valence-electron chi connectivity index (χ3n) is 2.55. The summed E-state index contributed by atoms with van der Waals surface area (Å²) in [5.41, 5.74) is 1.86. The largest absolute Gasteiger partial charge is 0.496 e. The Kier molecular flexibility index (Phi) is 2.95. The Hall–Kier alpha value is -2.10. The van der Waals surface area contributed by atoms with Gasteiger partial charge in [-0.25, -0.2) is 4.79 Å². The van der Waals surface area contributed by atoms with Gasteiger partial charge in [0.2, 0.25) is 0 Å². The Morgan fingerprint density at radius 2 is 2.06 bits per heavy atom. The number of ether oxygens (including phenoxy) is 2. The summed E-state index contributed by atoms with van der Waals surface area (Å²) in [5, 5.41) is 0.806. The Bertz CT molecular complexity index is 578. The normalized spacial score (nSPS) is 10.3. The number of hydrogen-bond donors (Lipinski definition) is 0. The molecule has 17 heavy (non-hydrogen) atoms. The van der Waals surface area contributed by atoms with Crippen LogP contribution in [0.3, 0.4) is 0 Å². The van der Waals surface area contributed by atoms with Crippen LogP contribution < -0.4 is 4.74 Å². The number of aromatic nitrogens is 1. The summed E-state index contributed by atoms with van der Waals surface area (Å²) < 4.78 is 10.0. The molecule has 0 aliphatic heterocycles. The predicted octanol–water partition coefficient (Wildman–Crippen LogP) is 2.34. The fraction of sp³-hybridized carbons (Fsp3) is 0.231. The fourth-order valence-electron chi connectivity index (χ4n) is 1.78. The molecule has 2 rings (SSSR count). The van der Waals surface area contributed by atoms with Crippen LogP contribution >= 0.6 is 0 Å². The van der Waals surface area contributed by atoms with E-state index in [4.69, 9.17) is 9.47 Å². The number of nitrogens with zero attached hydrogens (tertiary/aromatic N) is 1. The van der Waals surface area contributed by atoms with Crippen molar-refractivity contribution in [1.29, 1.82) is 0 Å². The predicted molar refractivity (Wildman–Crippen MR) is 64.4 cm³/mol. The molecule has 0 unspecified atom stereocenters. The monoisotopic (exact) mass is 231 g/mol. The quantitative estimate of drug-likeness (QED) is 0.744. The molecule has 4 nitrogen and oxygen atoms in total. The number of hydrogen-bond acceptors (Lipinski definition) is 4. The van der Waals surface area contributed by atoms with Crippen molar-refractivity contribution >= 4 is 16.9 Å². The second-order valence-electron chi connectivity index (χ2n) is 3.66. The molecular weight excluding hydrogens is 218 g/mol. The second kappa shape index (κ2) is 4.41. The lowest BCUT2D eigenvalue weighted by atomic mass is 10.1. The van der Waals surface area contributed by atoms with Crippen LogP contribution in [0.1, 0.15) is 16.1 Å². The van der Waals surface area contributed by atoms with Gasteiger partial charge in [0.25, 0.3) is 0 Å². The first-order valence-electron chi connectivity index (χ1n) is 5.20. The molecule has 0 aliphatic carbocycles. The van der Waals surface area contributed by atoms with Gasteiger partial charge in [0.05, 0.1) is 25.3 Å². The van der Waals surface area contributed by atoms with Crippen LogP contribution in [0, 0.1) is 6.92 Å². The molecule has 1 aromatic heterocycles. The first-order valence-corrected chi connectivity index (χ1v) is 5.20. The van der Waals surface area contributed by atoms with E-state index in [1.165, 1.54) is 7.11 Å². The number of pyridine rings is 1. The van der Waals surface area contributed by atoms with Gasteiger partial charge in [-0.1, -0.05) is 6.07 Å². The van der Waals surface area contributed by atoms with Crippen LogP contribution in [0.25, 0.3) is 10.9 Å². The van der Waals surface area contributed by atoms with Gasteiger partial charge in [0.1, 0.15) is 5.75 Å². The third kappa shape index (κ3) is 1.93. The van der Waals surface area contributed by atoms with E-state index in [2.05, 4.69) is 4.98 Å². The molecule has 1 aromatic carbocycles. The lowest BCUT2D eigenvalue weighted by molar-refractivity contribution is 0.0603. The average molecular weight is 231 g/mol. The maximum Gasteiger partial charge on any atom is 0.340 e. The van der Waals surface area contributed by atoms with Gasteiger partial charge < -0.3 is 9.47 Å². The molecule has 0 bridgehead atoms. The Balaban J connectivity index is 2.80. The van der Waals surface area contributed by atoms with Crippen molar-refractivity contribution in [1.82, 2.24) is 4.98 Å². The van der Waals surface area contributed by atoms with Gasteiger partial charge in [0, 0.05) is 17.1 Å². The summed E-state index contributed by atoms with van der Waals surface area (Å²) in [6.07, 6.45) is 0. The van der Waals surface area contributed by atoms with Crippen molar-refractivity contribution < 1.29 is 14.3 Å². The van der Waals surface area contributed by atoms with Crippen molar-refractivity contribution in [2.24, 2.45) is 0 Å². The van der Waals surface area contributed by atoms with E-state index in [1.54, 1.807) is 19.2 Å². The molecule has 88 valence electrons. The summed E-state index contributed by atoms with van der Waals surface area (Å²) >= 11 is 0. The highest BCUT2D eigenvalue weighted by Crippen LogP contribution is 2.27. The van der Waals surface area contributed by atoms with E-state index in [9.17, 15) is 4.79 Å². The van der Waals surface area contributed by atoms with Crippen LogP contribution in [0.2, 0.25) is 0 Å². The van der Waals surface area contributed by atoms with Crippen molar-refractivity contribution in [3.8, 4) is 5.75 Å². The molecule has 0 saturated carbocycles. The molecule has 4 heteroatoms. The third-order valence-corrected chi connectivity index (χ3v) is 2.55. The number of methoxy groups -OCH3 is 2. The molecule has 1 heterocycles. The number of benzene rings is 1. The van der Waals surface area contributed by atoms with Gasteiger partial charge in [-0.15, -0.1) is 0 Å². The smallest absolute Gasteiger partial charge is 0.340 e. The molecule has 0 spiro atoms. The number of esters is 1. The second-order valence-corrected chi connectivity index (χ2v) is 3.66. The molecule has 0 N–H and O–H groups in total. The SMILES string of the molecule is COC(=O)c1cccc2c(OC)cc(C)nc12. The molecule has 0 saturated heterocycles. The first-order chi connectivity index (χ1) is 8.17. The molecule has 0 fully saturated rings. The minimum atomic E-state index is -0.393. The van der Waals surface area contributed by atoms with Gasteiger partial charge >= 0.3 is 5.97 Å². The van der Waals surface area contributed by atoms with Crippen LogP contribution in [-0.4, -0.2) is 25.2 Å². The maximum atomic E-state index is 11.6. The van der Waals surface area contributed by atoms with E-state index in [0.717, 1.165) is 11.1 Å². The number of carbonyl (C=O) groups is 1. The minimum Gasteiger partial charge on any atom is -0.496 e. The lowest BCUT2D eigenvalue weighted by Crippen LogP contribution is -2.04. The number of carbonyl (C=O) groups excluding carboxylic acids is 1. The number of rotatable bonds is 2. The number of para-hydroxylation sites is 1. The highest BCUT2D eigenvalue weighted by Gasteiger charge is 2.14. The van der Waals surface area contributed by atoms with E-state index >= 15 is 0 Å². The van der Waals surface area contributed by atoms with E-state index in [0.29, 0.717) is 16.8 Å². The van der Waals surface area contributed by atoms with Gasteiger partial charge in [-0.2, -0.15) is 0 Å². The molecule has 0 atom stereocenters. The Labute approximate surface area is 99.2 Å². The number of fused-ring (bicyclic) bond motifs is 1. The molecule has 0 amide bonds. The van der Waals surface area contributed by atoms with E-state index in [-0.39, 0.29) is 0 Å². The zero-order valence-corrected chi connectivity index (χ0v) is 9.98. The summed E-state index contributed by atoms with van der Waals surface area (Å²) in [5.74, 6) is 0.314. The molecule has 0 radical (unpaired) electrons. The van der Waals surface area contributed by atoms with Crippen molar-refractivity contribution in [2.75, 3.05) is 14.2 Å². The Morgan fingerprint density at radius 3 is 2.71 bits per heavy atom. The van der Waals surface area contributed by atoms with Gasteiger partial charge in [-0.3, -0.25) is 4.98 Å². The first kappa shape index (κ1) is 11.4. The lowest BCUT2D eigenvalue weighted by Gasteiger charge is -2.09. The van der Waals surface area contributed by atoms with Crippen molar-refractivity contribution in [3.05, 3.63) is 35.5 Å². The molecular formula is C13H13NO3. The van der Waals surface area contributed by atoms with Crippen LogP contribution in [0.5, 0.6) is 5.75 Å². The molecule has 0 aliphatic rings. The summed E-state index contributed by atoms with van der Waals surface area (Å²) in [6, 6.07) is 7.19. The summed E-state index contributed by atoms with van der Waals surface area (Å²) in [7, 11) is 2.95. The van der Waals surface area contributed by atoms with Crippen molar-refractivity contribution in [2.45, 2.75) is 6.92 Å². The van der Waals surface area contributed by atoms with E-state index < -0.39 is 5.97 Å². The average Bonchev–Trinajstić information content (AvgIpc) is 2.36. The zero-order valence-electron chi connectivity index (χ0n) is 9.98. The summed E-state index contributed by atoms with van der Waals surface area (Å²) in [6.45, 7) is 1.86. The summed E-state index contributed by atoms with van der Waals surface area (Å²) in [4.78, 5) is 16.0. The van der Waals surface area contributed by atoms with Crippen molar-refractivity contribution in [3.63, 3.8) is 0 Å². The van der Waals surface area contributed by atoms with Crippen LogP contribution in [0.4, 0.5) is 0 Å². The minimum absolute atomic E-state index is 0.393. The standard InChI is InChI=1S/C13H13NO3/c1-8-7-11(16-2)9-5-4-6-10(12(9)14-8)13(15)17-3/h4-7H,1-3H3. The topological polar surface area (TPSA) is 48.4 Å². The Morgan fingerprint density at radius 1 is 1.29 bits per heavy atom. The van der Waals surface area contributed by atoms with Crippen LogP contribution in [-0.2, 0) is 4.74 Å². The van der Waals surface area contributed by atoms with Gasteiger partial charge in [0.15, 0.2) is 0 Å².